The van der Waals surface area contributed by atoms with E-state index < -0.39 is 0 Å². The Labute approximate surface area is 126 Å². The van der Waals surface area contributed by atoms with Gasteiger partial charge in [0.15, 0.2) is 0 Å². The lowest BCUT2D eigenvalue weighted by molar-refractivity contribution is 0.0820. The van der Waals surface area contributed by atoms with E-state index in [-0.39, 0.29) is 6.10 Å². The van der Waals surface area contributed by atoms with Gasteiger partial charge in [0, 0.05) is 40.3 Å². The fourth-order valence-corrected chi connectivity index (χ4v) is 2.19. The third kappa shape index (κ3) is 4.42. The highest BCUT2D eigenvalue weighted by atomic mass is 16.5. The maximum Gasteiger partial charge on any atom is 0.232 e. The summed E-state index contributed by atoms with van der Waals surface area (Å²) in [5.41, 5.74) is 0. The second kappa shape index (κ2) is 7.40. The fourth-order valence-electron chi connectivity index (χ4n) is 2.19. The molecule has 1 fully saturated rings. The molecule has 0 radical (unpaired) electrons. The highest BCUT2D eigenvalue weighted by Gasteiger charge is 2.19. The molecule has 1 aromatic heterocycles. The number of ether oxygens (including phenoxy) is 1. The van der Waals surface area contributed by atoms with Crippen LogP contribution in [0.2, 0.25) is 0 Å². The fraction of sp³-hybridized carbons (Fsp3) is 0.786. The van der Waals surface area contributed by atoms with Gasteiger partial charge in [-0.05, 0) is 19.8 Å². The largest absolute Gasteiger partial charge is 0.377 e. The van der Waals surface area contributed by atoms with Crippen molar-refractivity contribution in [1.82, 2.24) is 15.0 Å². The minimum Gasteiger partial charge on any atom is -0.377 e. The van der Waals surface area contributed by atoms with Crippen molar-refractivity contribution in [3.63, 3.8) is 0 Å². The van der Waals surface area contributed by atoms with Gasteiger partial charge in [0.25, 0.3) is 0 Å². The van der Waals surface area contributed by atoms with Gasteiger partial charge in [0.05, 0.1) is 6.10 Å². The monoisotopic (exact) mass is 294 g/mol. The second-order valence-corrected chi connectivity index (χ2v) is 5.56. The standard InChI is InChI=1S/C14H26N6O/c1-5-7-15-12-16-13(19(3)4)18-14(17-12)20-8-6-9-21-11(2)10-20/h11H,5-10H2,1-4H3,(H,15,16,17,18). The van der Waals surface area contributed by atoms with Gasteiger partial charge < -0.3 is 19.9 Å². The van der Waals surface area contributed by atoms with Crippen molar-refractivity contribution in [2.24, 2.45) is 0 Å². The molecular formula is C14H26N6O. The molecule has 1 aliphatic heterocycles. The second-order valence-electron chi connectivity index (χ2n) is 5.56. The number of rotatable bonds is 5. The van der Waals surface area contributed by atoms with Crippen LogP contribution in [0, 0.1) is 0 Å². The summed E-state index contributed by atoms with van der Waals surface area (Å²) in [5.74, 6) is 2.05. The molecular weight excluding hydrogens is 268 g/mol. The van der Waals surface area contributed by atoms with Crippen LogP contribution >= 0.6 is 0 Å². The molecule has 0 spiro atoms. The van der Waals surface area contributed by atoms with Crippen LogP contribution < -0.4 is 15.1 Å². The highest BCUT2D eigenvalue weighted by Crippen LogP contribution is 2.18. The molecule has 1 aliphatic rings. The van der Waals surface area contributed by atoms with Gasteiger partial charge in [-0.15, -0.1) is 0 Å². The van der Waals surface area contributed by atoms with Gasteiger partial charge in [0.2, 0.25) is 17.8 Å². The average molecular weight is 294 g/mol. The Morgan fingerprint density at radius 3 is 2.86 bits per heavy atom. The molecule has 118 valence electrons. The molecule has 21 heavy (non-hydrogen) atoms. The Morgan fingerprint density at radius 1 is 1.33 bits per heavy atom. The predicted octanol–water partition coefficient (Wildman–Crippen LogP) is 1.37. The molecule has 7 nitrogen and oxygen atoms in total. The van der Waals surface area contributed by atoms with E-state index in [1.807, 2.05) is 19.0 Å². The lowest BCUT2D eigenvalue weighted by atomic mass is 10.3. The van der Waals surface area contributed by atoms with Crippen molar-refractivity contribution in [2.75, 3.05) is 55.5 Å². The molecule has 2 heterocycles. The summed E-state index contributed by atoms with van der Waals surface area (Å²) >= 11 is 0. The van der Waals surface area contributed by atoms with Gasteiger partial charge in [-0.25, -0.2) is 0 Å². The van der Waals surface area contributed by atoms with E-state index in [9.17, 15) is 0 Å². The van der Waals surface area contributed by atoms with Crippen LogP contribution in [0.4, 0.5) is 17.8 Å². The quantitative estimate of drug-likeness (QED) is 0.880. The molecule has 1 unspecified atom stereocenters. The van der Waals surface area contributed by atoms with Gasteiger partial charge >= 0.3 is 0 Å². The molecule has 0 aromatic carbocycles. The van der Waals surface area contributed by atoms with Crippen molar-refractivity contribution < 1.29 is 4.74 Å². The Balaban J connectivity index is 2.25. The Kier molecular flexibility index (Phi) is 5.55. The smallest absolute Gasteiger partial charge is 0.232 e. The van der Waals surface area contributed by atoms with Crippen molar-refractivity contribution >= 4 is 17.8 Å². The minimum atomic E-state index is 0.194. The zero-order chi connectivity index (χ0) is 15.2. The zero-order valence-corrected chi connectivity index (χ0v) is 13.5. The Hall–Kier alpha value is -1.63. The third-order valence-corrected chi connectivity index (χ3v) is 3.28. The van der Waals surface area contributed by atoms with Crippen LogP contribution in [0.5, 0.6) is 0 Å². The summed E-state index contributed by atoms with van der Waals surface area (Å²) in [5, 5.41) is 3.25. The van der Waals surface area contributed by atoms with Crippen molar-refractivity contribution in [3.05, 3.63) is 0 Å². The molecule has 0 saturated carbocycles. The molecule has 1 N–H and O–H groups in total. The molecule has 0 bridgehead atoms. The molecule has 0 amide bonds. The van der Waals surface area contributed by atoms with E-state index in [4.69, 9.17) is 4.74 Å². The van der Waals surface area contributed by atoms with Crippen LogP contribution in [-0.4, -0.2) is 61.4 Å². The molecule has 2 rings (SSSR count). The molecule has 0 aliphatic carbocycles. The average Bonchev–Trinajstić information content (AvgIpc) is 2.69. The van der Waals surface area contributed by atoms with E-state index in [0.717, 1.165) is 45.0 Å². The summed E-state index contributed by atoms with van der Waals surface area (Å²) in [6, 6.07) is 0. The maximum atomic E-state index is 5.69. The minimum absolute atomic E-state index is 0.194. The first kappa shape index (κ1) is 15.8. The molecule has 1 saturated heterocycles. The van der Waals surface area contributed by atoms with Crippen LogP contribution in [0.25, 0.3) is 0 Å². The number of aromatic nitrogens is 3. The van der Waals surface area contributed by atoms with Gasteiger partial charge in [-0.2, -0.15) is 15.0 Å². The first-order valence-electron chi connectivity index (χ1n) is 7.64. The van der Waals surface area contributed by atoms with E-state index >= 15 is 0 Å². The first-order chi connectivity index (χ1) is 10.1. The summed E-state index contributed by atoms with van der Waals surface area (Å²) in [6.45, 7) is 7.58. The SMILES string of the molecule is CCCNc1nc(N(C)C)nc(N2CCCOC(C)C2)n1. The van der Waals surface area contributed by atoms with Crippen LogP contribution in [0.15, 0.2) is 0 Å². The summed E-state index contributed by atoms with van der Waals surface area (Å²) in [7, 11) is 3.88. The van der Waals surface area contributed by atoms with Crippen molar-refractivity contribution in [3.8, 4) is 0 Å². The van der Waals surface area contributed by atoms with Crippen LogP contribution in [0.3, 0.4) is 0 Å². The lowest BCUT2D eigenvalue weighted by Gasteiger charge is -2.23. The summed E-state index contributed by atoms with van der Waals surface area (Å²) < 4.78 is 5.69. The number of hydrogen-bond donors (Lipinski definition) is 1. The maximum absolute atomic E-state index is 5.69. The number of nitrogens with one attached hydrogen (secondary N) is 1. The summed E-state index contributed by atoms with van der Waals surface area (Å²) in [4.78, 5) is 17.7. The van der Waals surface area contributed by atoms with Crippen molar-refractivity contribution in [2.45, 2.75) is 32.8 Å². The topological polar surface area (TPSA) is 66.4 Å². The molecule has 1 aromatic rings. The highest BCUT2D eigenvalue weighted by molar-refractivity contribution is 5.44. The van der Waals surface area contributed by atoms with Gasteiger partial charge in [-0.3, -0.25) is 0 Å². The van der Waals surface area contributed by atoms with E-state index in [1.54, 1.807) is 0 Å². The van der Waals surface area contributed by atoms with Crippen LogP contribution in [0.1, 0.15) is 26.7 Å². The number of anilines is 3. The Morgan fingerprint density at radius 2 is 2.14 bits per heavy atom. The number of hydrogen-bond acceptors (Lipinski definition) is 7. The Bertz CT molecular complexity index is 453. The predicted molar refractivity (Wildman–Crippen MR) is 85.2 cm³/mol. The third-order valence-electron chi connectivity index (χ3n) is 3.28. The summed E-state index contributed by atoms with van der Waals surface area (Å²) in [6.07, 6.45) is 2.22. The van der Waals surface area contributed by atoms with Gasteiger partial charge in [-0.1, -0.05) is 6.92 Å². The van der Waals surface area contributed by atoms with E-state index in [2.05, 4.69) is 39.0 Å². The normalized spacial score (nSPS) is 19.2. The number of nitrogens with zero attached hydrogens (tertiary/aromatic N) is 5. The van der Waals surface area contributed by atoms with Crippen LogP contribution in [-0.2, 0) is 4.74 Å². The molecule has 7 heteroatoms. The van der Waals surface area contributed by atoms with E-state index in [1.165, 1.54) is 0 Å². The van der Waals surface area contributed by atoms with Gasteiger partial charge in [0.1, 0.15) is 0 Å². The van der Waals surface area contributed by atoms with Crippen molar-refractivity contribution in [1.29, 1.82) is 0 Å². The van der Waals surface area contributed by atoms with E-state index in [0.29, 0.717) is 11.9 Å². The lowest BCUT2D eigenvalue weighted by Crippen LogP contribution is -2.32. The zero-order valence-electron chi connectivity index (χ0n) is 13.5. The first-order valence-corrected chi connectivity index (χ1v) is 7.64. The molecule has 1 atom stereocenters.